The molecule has 0 radical (unpaired) electrons. The quantitative estimate of drug-likeness (QED) is 0.736. The van der Waals surface area contributed by atoms with E-state index in [1.807, 2.05) is 0 Å². The van der Waals surface area contributed by atoms with E-state index in [2.05, 4.69) is 5.32 Å². The van der Waals surface area contributed by atoms with Gasteiger partial charge in [-0.1, -0.05) is 35.3 Å². The molecular formula is C16H15Cl2NO5. The highest BCUT2D eigenvalue weighted by molar-refractivity contribution is 6.42. The molecule has 3 N–H and O–H groups in total. The monoisotopic (exact) mass is 371 g/mol. The smallest absolute Gasteiger partial charge is 0.334 e. The Labute approximate surface area is 148 Å². The van der Waals surface area contributed by atoms with Crippen LogP contribution in [-0.2, 0) is 14.3 Å². The van der Waals surface area contributed by atoms with Crippen molar-refractivity contribution < 1.29 is 24.5 Å². The van der Waals surface area contributed by atoms with Gasteiger partial charge in [-0.2, -0.15) is 0 Å². The lowest BCUT2D eigenvalue weighted by atomic mass is 9.80. The zero-order valence-corrected chi connectivity index (χ0v) is 14.4. The van der Waals surface area contributed by atoms with Crippen molar-refractivity contribution in [3.8, 4) is 0 Å². The normalized spacial score (nSPS) is 17.8. The summed E-state index contributed by atoms with van der Waals surface area (Å²) in [7, 11) is 1.42. The van der Waals surface area contributed by atoms with E-state index in [1.54, 1.807) is 25.1 Å². The Morgan fingerprint density at radius 2 is 1.83 bits per heavy atom. The van der Waals surface area contributed by atoms with Crippen LogP contribution in [0.25, 0.3) is 0 Å². The molecule has 0 aliphatic carbocycles. The van der Waals surface area contributed by atoms with Gasteiger partial charge >= 0.3 is 11.9 Å². The van der Waals surface area contributed by atoms with Crippen molar-refractivity contribution in [3.05, 3.63) is 56.3 Å². The number of ether oxygens (including phenoxy) is 1. The van der Waals surface area contributed by atoms with Crippen LogP contribution in [0.15, 0.2) is 40.7 Å². The molecule has 8 heteroatoms. The van der Waals surface area contributed by atoms with Crippen LogP contribution in [0.4, 0.5) is 0 Å². The number of nitrogens with one attached hydrogen (secondary N) is 1. The van der Waals surface area contributed by atoms with Crippen molar-refractivity contribution in [2.75, 3.05) is 13.7 Å². The van der Waals surface area contributed by atoms with Crippen LogP contribution in [0.2, 0.25) is 10.0 Å². The molecule has 1 heterocycles. The fourth-order valence-corrected chi connectivity index (χ4v) is 3.16. The van der Waals surface area contributed by atoms with Crippen molar-refractivity contribution in [1.29, 1.82) is 0 Å². The largest absolute Gasteiger partial charge is 0.478 e. The molecule has 1 aromatic rings. The maximum absolute atomic E-state index is 11.8. The average molecular weight is 372 g/mol. The maximum atomic E-state index is 11.8. The summed E-state index contributed by atoms with van der Waals surface area (Å²) < 4.78 is 5.03. The third kappa shape index (κ3) is 3.26. The van der Waals surface area contributed by atoms with Crippen molar-refractivity contribution in [3.63, 3.8) is 0 Å². The lowest BCUT2D eigenvalue weighted by molar-refractivity contribution is -0.133. The number of hydrogen-bond acceptors (Lipinski definition) is 4. The minimum Gasteiger partial charge on any atom is -0.478 e. The van der Waals surface area contributed by atoms with E-state index < -0.39 is 17.9 Å². The van der Waals surface area contributed by atoms with Gasteiger partial charge in [0.15, 0.2) is 0 Å². The number of benzene rings is 1. The fraction of sp³-hybridized carbons (Fsp3) is 0.250. The first-order valence-corrected chi connectivity index (χ1v) is 7.65. The van der Waals surface area contributed by atoms with E-state index in [9.17, 15) is 19.8 Å². The van der Waals surface area contributed by atoms with Crippen molar-refractivity contribution in [1.82, 2.24) is 5.32 Å². The van der Waals surface area contributed by atoms with Crippen LogP contribution in [0.3, 0.4) is 0 Å². The van der Waals surface area contributed by atoms with Crippen molar-refractivity contribution >= 4 is 35.1 Å². The summed E-state index contributed by atoms with van der Waals surface area (Å²) >= 11 is 12.2. The summed E-state index contributed by atoms with van der Waals surface area (Å²) in [6.07, 6.45) is 0. The SMILES string of the molecule is COCC1=C(C(=O)O)C(c2cccc(Cl)c2Cl)C(C(=O)O)=C(C)N1. The highest BCUT2D eigenvalue weighted by Gasteiger charge is 2.38. The Morgan fingerprint density at radius 3 is 2.38 bits per heavy atom. The Hall–Kier alpha value is -2.02. The Morgan fingerprint density at radius 1 is 1.21 bits per heavy atom. The van der Waals surface area contributed by atoms with Gasteiger partial charge in [-0.15, -0.1) is 0 Å². The molecule has 1 unspecified atom stereocenters. The highest BCUT2D eigenvalue weighted by Crippen LogP contribution is 2.42. The summed E-state index contributed by atoms with van der Waals surface area (Å²) in [6.45, 7) is 1.55. The molecule has 1 aromatic carbocycles. The van der Waals surface area contributed by atoms with Gasteiger partial charge < -0.3 is 20.3 Å². The van der Waals surface area contributed by atoms with E-state index in [0.717, 1.165) is 0 Å². The Kier molecular flexibility index (Phi) is 5.54. The molecule has 0 bridgehead atoms. The van der Waals surface area contributed by atoms with E-state index in [1.165, 1.54) is 7.11 Å². The average Bonchev–Trinajstić information content (AvgIpc) is 2.49. The van der Waals surface area contributed by atoms with Crippen LogP contribution in [0.1, 0.15) is 18.4 Å². The molecule has 0 saturated carbocycles. The van der Waals surface area contributed by atoms with Gasteiger partial charge in [0.05, 0.1) is 39.4 Å². The zero-order chi connectivity index (χ0) is 18.0. The summed E-state index contributed by atoms with van der Waals surface area (Å²) in [6, 6.07) is 4.70. The van der Waals surface area contributed by atoms with E-state index >= 15 is 0 Å². The summed E-state index contributed by atoms with van der Waals surface area (Å²) in [5, 5.41) is 22.4. The molecule has 0 saturated heterocycles. The topological polar surface area (TPSA) is 95.9 Å². The Bertz CT molecular complexity index is 770. The summed E-state index contributed by atoms with van der Waals surface area (Å²) in [5.41, 5.74) is 0.669. The standard InChI is InChI=1S/C16H15Cl2NO5/c1-7-11(15(20)21)12(8-4-3-5-9(17)14(8)18)13(16(22)23)10(19-7)6-24-2/h3-5,12,19H,6H2,1-2H3,(H,20,21)(H,22,23). The van der Waals surface area contributed by atoms with Gasteiger partial charge in [0.1, 0.15) is 0 Å². The third-order valence-corrected chi connectivity index (χ3v) is 4.52. The van der Waals surface area contributed by atoms with Crippen LogP contribution >= 0.6 is 23.2 Å². The molecule has 2 rings (SSSR count). The van der Waals surface area contributed by atoms with E-state index in [-0.39, 0.29) is 33.5 Å². The summed E-state index contributed by atoms with van der Waals surface area (Å²) in [5.74, 6) is -3.57. The first kappa shape index (κ1) is 18.3. The first-order chi connectivity index (χ1) is 11.3. The molecule has 0 amide bonds. The molecule has 0 fully saturated rings. The zero-order valence-electron chi connectivity index (χ0n) is 12.9. The minimum atomic E-state index is -1.26. The maximum Gasteiger partial charge on any atom is 0.334 e. The molecule has 0 spiro atoms. The number of aliphatic carboxylic acids is 2. The number of carboxylic acid groups (broad SMARTS) is 2. The molecule has 6 nitrogen and oxygen atoms in total. The number of carbonyl (C=O) groups is 2. The first-order valence-electron chi connectivity index (χ1n) is 6.89. The molecular weight excluding hydrogens is 357 g/mol. The minimum absolute atomic E-state index is 0.0133. The number of hydrogen-bond donors (Lipinski definition) is 3. The van der Waals surface area contributed by atoms with Crippen molar-refractivity contribution in [2.45, 2.75) is 12.8 Å². The third-order valence-electron chi connectivity index (χ3n) is 3.69. The van der Waals surface area contributed by atoms with Crippen LogP contribution < -0.4 is 5.32 Å². The second-order valence-electron chi connectivity index (χ2n) is 5.18. The molecule has 1 aliphatic rings. The van der Waals surface area contributed by atoms with Gasteiger partial charge in [0.25, 0.3) is 0 Å². The fourth-order valence-electron chi connectivity index (χ4n) is 2.75. The molecule has 1 aliphatic heterocycles. The number of allylic oxidation sites excluding steroid dienone is 1. The van der Waals surface area contributed by atoms with Gasteiger partial charge in [-0.05, 0) is 18.6 Å². The Balaban J connectivity index is 2.79. The number of halogens is 2. The number of dihydropyridines is 1. The van der Waals surface area contributed by atoms with Gasteiger partial charge in [-0.25, -0.2) is 9.59 Å². The van der Waals surface area contributed by atoms with Gasteiger partial charge in [-0.3, -0.25) is 0 Å². The molecule has 128 valence electrons. The number of methoxy groups -OCH3 is 1. The van der Waals surface area contributed by atoms with Crippen LogP contribution in [0.5, 0.6) is 0 Å². The lowest BCUT2D eigenvalue weighted by Gasteiger charge is -2.30. The second kappa shape index (κ2) is 7.25. The summed E-state index contributed by atoms with van der Waals surface area (Å²) in [4.78, 5) is 23.6. The van der Waals surface area contributed by atoms with Gasteiger partial charge in [0, 0.05) is 12.8 Å². The van der Waals surface area contributed by atoms with Crippen molar-refractivity contribution in [2.24, 2.45) is 0 Å². The molecule has 0 aromatic heterocycles. The predicted molar refractivity (Wildman–Crippen MR) is 89.2 cm³/mol. The predicted octanol–water partition coefficient (Wildman–Crippen LogP) is 3.02. The van der Waals surface area contributed by atoms with E-state index in [4.69, 9.17) is 27.9 Å². The van der Waals surface area contributed by atoms with Crippen LogP contribution in [-0.4, -0.2) is 35.9 Å². The molecule has 1 atom stereocenters. The number of carboxylic acids is 2. The van der Waals surface area contributed by atoms with Crippen LogP contribution in [0, 0.1) is 0 Å². The second-order valence-corrected chi connectivity index (χ2v) is 5.96. The highest BCUT2D eigenvalue weighted by atomic mass is 35.5. The van der Waals surface area contributed by atoms with Gasteiger partial charge in [0.2, 0.25) is 0 Å². The lowest BCUT2D eigenvalue weighted by Crippen LogP contribution is -2.33. The van der Waals surface area contributed by atoms with E-state index in [0.29, 0.717) is 11.3 Å². The number of rotatable bonds is 5. The molecule has 24 heavy (non-hydrogen) atoms.